The molecule has 0 unspecified atom stereocenters. The number of alkyl carbamates (subject to hydrolysis) is 1. The summed E-state index contributed by atoms with van der Waals surface area (Å²) in [5.41, 5.74) is 1.24. The fraction of sp³-hybridized carbons (Fsp3) is 0.632. The highest BCUT2D eigenvalue weighted by atomic mass is 16.6. The Morgan fingerprint density at radius 1 is 1.12 bits per heavy atom. The highest BCUT2D eigenvalue weighted by Crippen LogP contribution is 2.20. The first-order chi connectivity index (χ1) is 12.3. The molecule has 0 aliphatic rings. The van der Waals surface area contributed by atoms with Gasteiger partial charge in [0, 0.05) is 33.0 Å². The maximum atomic E-state index is 11.9. The van der Waals surface area contributed by atoms with Crippen LogP contribution >= 0.6 is 0 Å². The minimum atomic E-state index is -0.586. The van der Waals surface area contributed by atoms with Gasteiger partial charge in [-0.15, -0.1) is 0 Å². The van der Waals surface area contributed by atoms with Gasteiger partial charge in [0.1, 0.15) is 5.60 Å². The van der Waals surface area contributed by atoms with Gasteiger partial charge >= 0.3 is 6.09 Å². The number of hydrogen-bond donors (Lipinski definition) is 2. The van der Waals surface area contributed by atoms with Crippen LogP contribution < -0.4 is 10.2 Å². The predicted molar refractivity (Wildman–Crippen MR) is 102 cm³/mol. The predicted octanol–water partition coefficient (Wildman–Crippen LogP) is 2.34. The molecule has 0 aliphatic heterocycles. The zero-order valence-corrected chi connectivity index (χ0v) is 16.4. The van der Waals surface area contributed by atoms with Crippen molar-refractivity contribution in [3.05, 3.63) is 29.8 Å². The van der Waals surface area contributed by atoms with E-state index >= 15 is 0 Å². The van der Waals surface area contributed by atoms with Crippen LogP contribution in [0.4, 0.5) is 10.5 Å². The molecule has 1 aromatic rings. The number of methoxy groups -OCH3 is 2. The molecule has 0 spiro atoms. The van der Waals surface area contributed by atoms with Gasteiger partial charge in [-0.25, -0.2) is 4.79 Å². The second kappa shape index (κ2) is 11.0. The van der Waals surface area contributed by atoms with E-state index in [0.29, 0.717) is 13.2 Å². The van der Waals surface area contributed by atoms with Crippen LogP contribution in [0.15, 0.2) is 24.3 Å². The summed E-state index contributed by atoms with van der Waals surface area (Å²) in [7, 11) is 3.34. The van der Waals surface area contributed by atoms with E-state index in [2.05, 4.69) is 10.2 Å². The molecule has 0 aliphatic carbocycles. The van der Waals surface area contributed by atoms with Gasteiger partial charge in [0.05, 0.1) is 25.9 Å². The summed E-state index contributed by atoms with van der Waals surface area (Å²) in [5, 5.41) is 12.3. The number of nitrogens with zero attached hydrogens (tertiary/aromatic N) is 1. The minimum absolute atomic E-state index is 0.213. The number of anilines is 1. The molecule has 1 aromatic carbocycles. The van der Waals surface area contributed by atoms with Crippen molar-refractivity contribution in [2.45, 2.75) is 32.4 Å². The number of amides is 1. The van der Waals surface area contributed by atoms with Gasteiger partial charge in [-0.05, 0) is 38.5 Å². The lowest BCUT2D eigenvalue weighted by molar-refractivity contribution is 0.0482. The molecule has 1 atom stereocenters. The summed E-state index contributed by atoms with van der Waals surface area (Å²) in [6, 6.07) is 7.17. The average molecular weight is 368 g/mol. The summed E-state index contributed by atoms with van der Waals surface area (Å²) < 4.78 is 15.6. The van der Waals surface area contributed by atoms with Crippen LogP contribution in [-0.4, -0.2) is 63.9 Å². The third-order valence-electron chi connectivity index (χ3n) is 3.66. The molecule has 0 radical (unpaired) electrons. The Bertz CT molecular complexity index is 520. The molecular weight excluding hydrogens is 336 g/mol. The van der Waals surface area contributed by atoms with Gasteiger partial charge in [-0.1, -0.05) is 12.1 Å². The van der Waals surface area contributed by atoms with E-state index in [1.54, 1.807) is 35.0 Å². The summed E-state index contributed by atoms with van der Waals surface area (Å²) in [6.07, 6.45) is -0.553. The molecule has 0 saturated heterocycles. The molecular formula is C19H32N2O5. The smallest absolute Gasteiger partial charge is 0.408 e. The van der Waals surface area contributed by atoms with Crippen LogP contribution in [0.2, 0.25) is 0 Å². The Labute approximate surface area is 156 Å². The summed E-state index contributed by atoms with van der Waals surface area (Å²) in [6.45, 7) is 7.90. The molecule has 0 saturated carbocycles. The van der Waals surface area contributed by atoms with Crippen molar-refractivity contribution in [2.24, 2.45) is 0 Å². The molecule has 0 fully saturated rings. The standard InChI is InChI=1S/C19H32N2O5/c1-19(2,3)26-18(23)20-17(14-22)15-6-8-16(9-7-15)21(10-12-24-4)11-13-25-5/h6-9,17,22H,10-14H2,1-5H3,(H,20,23)/t17-/m1/s1. The lowest BCUT2D eigenvalue weighted by atomic mass is 10.1. The third kappa shape index (κ3) is 8.03. The number of carbonyl (C=O) groups is 1. The largest absolute Gasteiger partial charge is 0.444 e. The molecule has 7 nitrogen and oxygen atoms in total. The van der Waals surface area contributed by atoms with E-state index in [0.717, 1.165) is 24.3 Å². The second-order valence-electron chi connectivity index (χ2n) is 6.95. The number of benzene rings is 1. The highest BCUT2D eigenvalue weighted by molar-refractivity contribution is 5.68. The maximum Gasteiger partial charge on any atom is 0.408 e. The first-order valence-corrected chi connectivity index (χ1v) is 8.74. The van der Waals surface area contributed by atoms with Gasteiger partial charge in [0.15, 0.2) is 0 Å². The summed E-state index contributed by atoms with van der Waals surface area (Å²) in [4.78, 5) is 14.1. The van der Waals surface area contributed by atoms with Crippen molar-refractivity contribution in [3.8, 4) is 0 Å². The number of nitrogens with one attached hydrogen (secondary N) is 1. The van der Waals surface area contributed by atoms with Crippen molar-refractivity contribution in [1.82, 2.24) is 5.32 Å². The van der Waals surface area contributed by atoms with Crippen LogP contribution in [0.5, 0.6) is 0 Å². The van der Waals surface area contributed by atoms with Crippen molar-refractivity contribution in [2.75, 3.05) is 52.0 Å². The molecule has 7 heteroatoms. The molecule has 2 N–H and O–H groups in total. The first-order valence-electron chi connectivity index (χ1n) is 8.74. The van der Waals surface area contributed by atoms with E-state index in [9.17, 15) is 9.90 Å². The Hall–Kier alpha value is -1.83. The Balaban J connectivity index is 2.79. The fourth-order valence-electron chi connectivity index (χ4n) is 2.37. The maximum absolute atomic E-state index is 11.9. The zero-order chi connectivity index (χ0) is 19.6. The summed E-state index contributed by atoms with van der Waals surface area (Å²) >= 11 is 0. The van der Waals surface area contributed by atoms with E-state index in [1.165, 1.54) is 0 Å². The van der Waals surface area contributed by atoms with Crippen molar-refractivity contribution in [3.63, 3.8) is 0 Å². The monoisotopic (exact) mass is 368 g/mol. The topological polar surface area (TPSA) is 80.3 Å². The molecule has 0 aromatic heterocycles. The lowest BCUT2D eigenvalue weighted by Crippen LogP contribution is -2.36. The lowest BCUT2D eigenvalue weighted by Gasteiger charge is -2.25. The van der Waals surface area contributed by atoms with Gasteiger partial charge < -0.3 is 29.5 Å². The van der Waals surface area contributed by atoms with E-state index in [1.807, 2.05) is 24.3 Å². The van der Waals surface area contributed by atoms with Crippen molar-refractivity contribution >= 4 is 11.8 Å². The molecule has 1 rings (SSSR count). The highest BCUT2D eigenvalue weighted by Gasteiger charge is 2.20. The van der Waals surface area contributed by atoms with Crippen molar-refractivity contribution in [1.29, 1.82) is 0 Å². The zero-order valence-electron chi connectivity index (χ0n) is 16.4. The third-order valence-corrected chi connectivity index (χ3v) is 3.66. The number of rotatable bonds is 10. The molecule has 1 amide bonds. The van der Waals surface area contributed by atoms with Gasteiger partial charge in [-0.2, -0.15) is 0 Å². The normalized spacial score (nSPS) is 12.5. The van der Waals surface area contributed by atoms with Crippen molar-refractivity contribution < 1.29 is 24.1 Å². The summed E-state index contributed by atoms with van der Waals surface area (Å²) in [5.74, 6) is 0. The average Bonchev–Trinajstić information content (AvgIpc) is 2.58. The Morgan fingerprint density at radius 2 is 1.65 bits per heavy atom. The molecule has 26 heavy (non-hydrogen) atoms. The SMILES string of the molecule is COCCN(CCOC)c1ccc([C@@H](CO)NC(=O)OC(C)(C)C)cc1. The first kappa shape index (κ1) is 22.2. The number of aliphatic hydroxyl groups excluding tert-OH is 1. The molecule has 0 heterocycles. The fourth-order valence-corrected chi connectivity index (χ4v) is 2.37. The number of hydrogen-bond acceptors (Lipinski definition) is 6. The van der Waals surface area contributed by atoms with Crippen LogP contribution in [0.3, 0.4) is 0 Å². The Kier molecular flexibility index (Phi) is 9.40. The van der Waals surface area contributed by atoms with Crippen LogP contribution in [0.1, 0.15) is 32.4 Å². The number of aliphatic hydroxyl groups is 1. The van der Waals surface area contributed by atoms with Gasteiger partial charge in [0.25, 0.3) is 0 Å². The van der Waals surface area contributed by atoms with E-state index in [-0.39, 0.29) is 6.61 Å². The number of ether oxygens (including phenoxy) is 3. The van der Waals surface area contributed by atoms with E-state index < -0.39 is 17.7 Å². The second-order valence-corrected chi connectivity index (χ2v) is 6.95. The Morgan fingerprint density at radius 3 is 2.08 bits per heavy atom. The van der Waals surface area contributed by atoms with Crippen LogP contribution in [0, 0.1) is 0 Å². The van der Waals surface area contributed by atoms with Crippen LogP contribution in [-0.2, 0) is 14.2 Å². The van der Waals surface area contributed by atoms with Gasteiger partial charge in [-0.3, -0.25) is 0 Å². The molecule has 0 bridgehead atoms. The number of carbonyl (C=O) groups excluding carboxylic acids is 1. The van der Waals surface area contributed by atoms with Gasteiger partial charge in [0.2, 0.25) is 0 Å². The quantitative estimate of drug-likeness (QED) is 0.660. The minimum Gasteiger partial charge on any atom is -0.444 e. The van der Waals surface area contributed by atoms with E-state index in [4.69, 9.17) is 14.2 Å². The van der Waals surface area contributed by atoms with Crippen LogP contribution in [0.25, 0.3) is 0 Å². The molecule has 148 valence electrons.